The molecular formula is C13H16O3. The van der Waals surface area contributed by atoms with Gasteiger partial charge in [-0.2, -0.15) is 0 Å². The van der Waals surface area contributed by atoms with E-state index in [9.17, 15) is 4.79 Å². The number of hydrogen-bond donors (Lipinski definition) is 0. The van der Waals surface area contributed by atoms with Crippen molar-refractivity contribution in [2.75, 3.05) is 6.61 Å². The second-order valence-electron chi connectivity index (χ2n) is 3.32. The fraction of sp³-hybridized carbons (Fsp3) is 0.308. The second-order valence-corrected chi connectivity index (χ2v) is 3.32. The van der Waals surface area contributed by atoms with Crippen molar-refractivity contribution in [2.24, 2.45) is 0 Å². The molecule has 0 spiro atoms. The molecule has 86 valence electrons. The smallest absolute Gasteiger partial charge is 0.162 e. The van der Waals surface area contributed by atoms with Gasteiger partial charge in [0.15, 0.2) is 11.5 Å². The van der Waals surface area contributed by atoms with Crippen LogP contribution in [0.2, 0.25) is 0 Å². The first-order chi connectivity index (χ1) is 7.71. The van der Waals surface area contributed by atoms with Crippen LogP contribution in [0, 0.1) is 0 Å². The Morgan fingerprint density at radius 3 is 2.75 bits per heavy atom. The minimum atomic E-state index is -0.0960. The van der Waals surface area contributed by atoms with Gasteiger partial charge in [0.2, 0.25) is 0 Å². The van der Waals surface area contributed by atoms with Crippen molar-refractivity contribution < 1.29 is 14.3 Å². The molecular weight excluding hydrogens is 204 g/mol. The molecule has 0 amide bonds. The molecule has 1 unspecified atom stereocenters. The van der Waals surface area contributed by atoms with Gasteiger partial charge in [0, 0.05) is 5.56 Å². The minimum Gasteiger partial charge on any atom is -0.490 e. The van der Waals surface area contributed by atoms with Crippen LogP contribution >= 0.6 is 0 Å². The van der Waals surface area contributed by atoms with Crippen LogP contribution in [-0.2, 0) is 0 Å². The zero-order chi connectivity index (χ0) is 12.0. The van der Waals surface area contributed by atoms with E-state index in [0.717, 1.165) is 6.29 Å². The molecule has 3 heteroatoms. The molecule has 1 atom stereocenters. The molecule has 0 aromatic heterocycles. The first-order valence-corrected chi connectivity index (χ1v) is 5.22. The molecule has 1 rings (SSSR count). The van der Waals surface area contributed by atoms with Crippen molar-refractivity contribution in [3.05, 3.63) is 36.4 Å². The highest BCUT2D eigenvalue weighted by molar-refractivity contribution is 5.76. The normalized spacial score (nSPS) is 11.6. The van der Waals surface area contributed by atoms with Gasteiger partial charge in [-0.05, 0) is 32.0 Å². The van der Waals surface area contributed by atoms with E-state index in [1.54, 1.807) is 24.3 Å². The SMILES string of the molecule is C=CC(C)Oc1ccc(C=O)cc1OCC. The summed E-state index contributed by atoms with van der Waals surface area (Å²) in [4.78, 5) is 10.6. The van der Waals surface area contributed by atoms with E-state index in [1.807, 2.05) is 13.8 Å². The summed E-state index contributed by atoms with van der Waals surface area (Å²) in [5.41, 5.74) is 0.571. The minimum absolute atomic E-state index is 0.0960. The van der Waals surface area contributed by atoms with Crippen LogP contribution in [0.5, 0.6) is 11.5 Å². The van der Waals surface area contributed by atoms with Gasteiger partial charge in [-0.3, -0.25) is 4.79 Å². The lowest BCUT2D eigenvalue weighted by Gasteiger charge is -2.14. The van der Waals surface area contributed by atoms with E-state index >= 15 is 0 Å². The molecule has 3 nitrogen and oxygen atoms in total. The summed E-state index contributed by atoms with van der Waals surface area (Å²) >= 11 is 0. The Morgan fingerprint density at radius 1 is 1.44 bits per heavy atom. The molecule has 0 saturated heterocycles. The topological polar surface area (TPSA) is 35.5 Å². The lowest BCUT2D eigenvalue weighted by atomic mass is 10.2. The average molecular weight is 220 g/mol. The van der Waals surface area contributed by atoms with E-state index in [0.29, 0.717) is 23.7 Å². The van der Waals surface area contributed by atoms with Crippen molar-refractivity contribution in [3.8, 4) is 11.5 Å². The van der Waals surface area contributed by atoms with Crippen LogP contribution in [0.4, 0.5) is 0 Å². The van der Waals surface area contributed by atoms with Crippen LogP contribution in [0.3, 0.4) is 0 Å². The molecule has 16 heavy (non-hydrogen) atoms. The Morgan fingerprint density at radius 2 is 2.19 bits per heavy atom. The van der Waals surface area contributed by atoms with E-state index < -0.39 is 0 Å². The molecule has 0 radical (unpaired) electrons. The highest BCUT2D eigenvalue weighted by Gasteiger charge is 2.08. The van der Waals surface area contributed by atoms with Gasteiger partial charge >= 0.3 is 0 Å². The van der Waals surface area contributed by atoms with Crippen molar-refractivity contribution in [2.45, 2.75) is 20.0 Å². The fourth-order valence-corrected chi connectivity index (χ4v) is 1.21. The number of hydrogen-bond acceptors (Lipinski definition) is 3. The van der Waals surface area contributed by atoms with Crippen molar-refractivity contribution in [3.63, 3.8) is 0 Å². The number of carbonyl (C=O) groups is 1. The van der Waals surface area contributed by atoms with Gasteiger partial charge in [0.1, 0.15) is 12.4 Å². The fourth-order valence-electron chi connectivity index (χ4n) is 1.21. The van der Waals surface area contributed by atoms with Gasteiger partial charge in [0.05, 0.1) is 6.61 Å². The Kier molecular flexibility index (Phi) is 4.58. The quantitative estimate of drug-likeness (QED) is 0.546. The maximum Gasteiger partial charge on any atom is 0.162 e. The number of ether oxygens (including phenoxy) is 2. The van der Waals surface area contributed by atoms with Gasteiger partial charge < -0.3 is 9.47 Å². The summed E-state index contributed by atoms with van der Waals surface area (Å²) in [6.45, 7) is 7.94. The lowest BCUT2D eigenvalue weighted by Crippen LogP contribution is -2.09. The predicted molar refractivity (Wildman–Crippen MR) is 63.3 cm³/mol. The van der Waals surface area contributed by atoms with Crippen LogP contribution in [0.1, 0.15) is 24.2 Å². The standard InChI is InChI=1S/C13H16O3/c1-4-10(3)16-12-7-6-11(9-14)8-13(12)15-5-2/h4,6-10H,1,5H2,2-3H3. The monoisotopic (exact) mass is 220 g/mol. The van der Waals surface area contributed by atoms with Crippen molar-refractivity contribution in [1.82, 2.24) is 0 Å². The molecule has 0 aliphatic heterocycles. The number of aldehydes is 1. The summed E-state index contributed by atoms with van der Waals surface area (Å²) in [5, 5.41) is 0. The van der Waals surface area contributed by atoms with Gasteiger partial charge in [-0.1, -0.05) is 12.7 Å². The molecule has 0 heterocycles. The van der Waals surface area contributed by atoms with Crippen LogP contribution < -0.4 is 9.47 Å². The van der Waals surface area contributed by atoms with Crippen molar-refractivity contribution in [1.29, 1.82) is 0 Å². The molecule has 0 aliphatic carbocycles. The largest absolute Gasteiger partial charge is 0.490 e. The molecule has 1 aromatic carbocycles. The molecule has 1 aromatic rings. The van der Waals surface area contributed by atoms with Gasteiger partial charge in [0.25, 0.3) is 0 Å². The van der Waals surface area contributed by atoms with Crippen molar-refractivity contribution >= 4 is 6.29 Å². The molecule has 0 bridgehead atoms. The third kappa shape index (κ3) is 3.12. The number of rotatable bonds is 6. The second kappa shape index (κ2) is 5.95. The lowest BCUT2D eigenvalue weighted by molar-refractivity contribution is 0.112. The zero-order valence-corrected chi connectivity index (χ0v) is 9.60. The highest BCUT2D eigenvalue weighted by atomic mass is 16.5. The molecule has 0 fully saturated rings. The summed E-state index contributed by atoms with van der Waals surface area (Å²) in [6.07, 6.45) is 2.38. The first-order valence-electron chi connectivity index (χ1n) is 5.22. The first kappa shape index (κ1) is 12.3. The third-order valence-electron chi connectivity index (χ3n) is 2.05. The maximum absolute atomic E-state index is 10.6. The zero-order valence-electron chi connectivity index (χ0n) is 9.60. The van der Waals surface area contributed by atoms with E-state index in [4.69, 9.17) is 9.47 Å². The summed E-state index contributed by atoms with van der Waals surface area (Å²) in [5.74, 6) is 1.21. The van der Waals surface area contributed by atoms with E-state index in [1.165, 1.54) is 0 Å². The van der Waals surface area contributed by atoms with Crippen LogP contribution in [-0.4, -0.2) is 19.0 Å². The Hall–Kier alpha value is -1.77. The Bertz CT molecular complexity index is 371. The molecule has 0 saturated carbocycles. The highest BCUT2D eigenvalue weighted by Crippen LogP contribution is 2.29. The Balaban J connectivity index is 2.97. The maximum atomic E-state index is 10.6. The molecule has 0 aliphatic rings. The number of benzene rings is 1. The summed E-state index contributed by atoms with van der Waals surface area (Å²) < 4.78 is 11.0. The van der Waals surface area contributed by atoms with E-state index in [2.05, 4.69) is 6.58 Å². The van der Waals surface area contributed by atoms with Crippen LogP contribution in [0.25, 0.3) is 0 Å². The van der Waals surface area contributed by atoms with Crippen LogP contribution in [0.15, 0.2) is 30.9 Å². The molecule has 0 N–H and O–H groups in total. The van der Waals surface area contributed by atoms with Gasteiger partial charge in [-0.25, -0.2) is 0 Å². The van der Waals surface area contributed by atoms with E-state index in [-0.39, 0.29) is 6.10 Å². The Labute approximate surface area is 95.7 Å². The summed E-state index contributed by atoms with van der Waals surface area (Å²) in [7, 11) is 0. The number of carbonyl (C=O) groups excluding carboxylic acids is 1. The third-order valence-corrected chi connectivity index (χ3v) is 2.05. The van der Waals surface area contributed by atoms with Gasteiger partial charge in [-0.15, -0.1) is 0 Å². The summed E-state index contributed by atoms with van der Waals surface area (Å²) in [6, 6.07) is 5.09. The average Bonchev–Trinajstić information content (AvgIpc) is 2.31. The predicted octanol–water partition coefficient (Wildman–Crippen LogP) is 2.85.